The molecule has 2 rings (SSSR count). The van der Waals surface area contributed by atoms with Gasteiger partial charge in [0.15, 0.2) is 0 Å². The van der Waals surface area contributed by atoms with Gasteiger partial charge in [-0.3, -0.25) is 4.52 Å². The van der Waals surface area contributed by atoms with Crippen molar-refractivity contribution in [3.05, 3.63) is 60.2 Å². The van der Waals surface area contributed by atoms with Gasteiger partial charge in [0.05, 0.1) is 5.30 Å². The molecule has 0 saturated heterocycles. The molecule has 4 heteroatoms. The van der Waals surface area contributed by atoms with Gasteiger partial charge < -0.3 is 4.52 Å². The lowest BCUT2D eigenvalue weighted by Crippen LogP contribution is -2.14. The van der Waals surface area contributed by atoms with Crippen molar-refractivity contribution < 1.29 is 13.6 Å². The fourth-order valence-electron chi connectivity index (χ4n) is 1.68. The van der Waals surface area contributed by atoms with Crippen LogP contribution in [0.5, 0.6) is 5.75 Å². The minimum Gasteiger partial charge on any atom is -0.421 e. The molecule has 0 aliphatic rings. The van der Waals surface area contributed by atoms with Gasteiger partial charge in [0.1, 0.15) is 5.75 Å². The molecule has 0 radical (unpaired) electrons. The highest BCUT2D eigenvalue weighted by Gasteiger charge is 2.29. The van der Waals surface area contributed by atoms with E-state index in [2.05, 4.69) is 0 Å². The lowest BCUT2D eigenvalue weighted by molar-refractivity contribution is 0.333. The van der Waals surface area contributed by atoms with Gasteiger partial charge in [0.25, 0.3) is 0 Å². The van der Waals surface area contributed by atoms with E-state index in [1.807, 2.05) is 43.3 Å². The van der Waals surface area contributed by atoms with E-state index in [9.17, 15) is 4.57 Å². The van der Waals surface area contributed by atoms with Crippen molar-refractivity contribution in [3.8, 4) is 5.75 Å². The van der Waals surface area contributed by atoms with Gasteiger partial charge in [-0.15, -0.1) is 0 Å². The second-order valence-electron chi connectivity index (χ2n) is 3.87. The van der Waals surface area contributed by atoms with E-state index in [-0.39, 0.29) is 0 Å². The first-order valence-electron chi connectivity index (χ1n) is 5.62. The summed E-state index contributed by atoms with van der Waals surface area (Å²) in [6.45, 7) is 1.88. The van der Waals surface area contributed by atoms with Crippen LogP contribution < -0.4 is 9.83 Å². The number of rotatable bonds is 4. The Morgan fingerprint density at radius 1 is 0.944 bits per heavy atom. The monoisotopic (exact) mass is 262 g/mol. The minimum atomic E-state index is -3.31. The van der Waals surface area contributed by atoms with Crippen LogP contribution in [0, 0.1) is 6.92 Å². The summed E-state index contributed by atoms with van der Waals surface area (Å²) in [6.07, 6.45) is 0. The highest BCUT2D eigenvalue weighted by molar-refractivity contribution is 7.62. The lowest BCUT2D eigenvalue weighted by atomic mass is 10.2. The number of hydrogen-bond donors (Lipinski definition) is 0. The van der Waals surface area contributed by atoms with Crippen molar-refractivity contribution in [3.63, 3.8) is 0 Å². The molecule has 2 aromatic rings. The molecule has 0 aromatic heterocycles. The van der Waals surface area contributed by atoms with Crippen LogP contribution in [0.1, 0.15) is 5.56 Å². The van der Waals surface area contributed by atoms with E-state index >= 15 is 0 Å². The Morgan fingerprint density at radius 3 is 2.17 bits per heavy atom. The average Bonchev–Trinajstić information content (AvgIpc) is 2.40. The first-order chi connectivity index (χ1) is 8.65. The number of aryl methyl sites for hydroxylation is 1. The molecule has 0 aliphatic carbocycles. The maximum atomic E-state index is 12.7. The molecular formula is C14H15O3P. The maximum absolute atomic E-state index is 12.7. The molecule has 0 saturated carbocycles. The van der Waals surface area contributed by atoms with Gasteiger partial charge in [-0.25, -0.2) is 4.57 Å². The van der Waals surface area contributed by atoms with Crippen LogP contribution in [0.3, 0.4) is 0 Å². The molecule has 1 atom stereocenters. The molecule has 0 bridgehead atoms. The number of hydrogen-bond acceptors (Lipinski definition) is 3. The molecule has 0 aliphatic heterocycles. The van der Waals surface area contributed by atoms with Gasteiger partial charge in [-0.2, -0.15) is 0 Å². The number of benzene rings is 2. The summed E-state index contributed by atoms with van der Waals surface area (Å²) >= 11 is 0. The topological polar surface area (TPSA) is 35.5 Å². The predicted octanol–water partition coefficient (Wildman–Crippen LogP) is 3.54. The van der Waals surface area contributed by atoms with E-state index in [4.69, 9.17) is 9.05 Å². The third-order valence-electron chi connectivity index (χ3n) is 2.62. The van der Waals surface area contributed by atoms with Crippen molar-refractivity contribution in [2.75, 3.05) is 7.11 Å². The van der Waals surface area contributed by atoms with Gasteiger partial charge in [0.2, 0.25) is 0 Å². The normalized spacial score (nSPS) is 13.9. The standard InChI is InChI=1S/C14H15O3P/c1-12-8-6-7-11-14(12)18(15,16-2)17-13-9-4-3-5-10-13/h3-11H,1-2H3. The van der Waals surface area contributed by atoms with Crippen LogP contribution in [0.25, 0.3) is 0 Å². The van der Waals surface area contributed by atoms with Crippen LogP contribution >= 0.6 is 7.60 Å². The van der Waals surface area contributed by atoms with Crippen molar-refractivity contribution in [2.24, 2.45) is 0 Å². The quantitative estimate of drug-likeness (QED) is 0.790. The van der Waals surface area contributed by atoms with Crippen LogP contribution in [0.15, 0.2) is 54.6 Å². The van der Waals surface area contributed by atoms with Crippen molar-refractivity contribution >= 4 is 12.9 Å². The summed E-state index contributed by atoms with van der Waals surface area (Å²) in [5.74, 6) is 0.533. The van der Waals surface area contributed by atoms with Gasteiger partial charge in [0, 0.05) is 7.11 Å². The van der Waals surface area contributed by atoms with E-state index in [1.165, 1.54) is 7.11 Å². The van der Waals surface area contributed by atoms with E-state index in [1.54, 1.807) is 18.2 Å². The molecule has 0 amide bonds. The first kappa shape index (κ1) is 12.9. The van der Waals surface area contributed by atoms with Crippen molar-refractivity contribution in [1.29, 1.82) is 0 Å². The summed E-state index contributed by atoms with van der Waals surface area (Å²) in [5.41, 5.74) is 0.888. The third-order valence-corrected chi connectivity index (χ3v) is 4.64. The summed E-state index contributed by atoms with van der Waals surface area (Å²) < 4.78 is 23.4. The molecule has 3 nitrogen and oxygen atoms in total. The summed E-state index contributed by atoms with van der Waals surface area (Å²) in [5, 5.41) is 0.594. The Hall–Kier alpha value is -1.57. The van der Waals surface area contributed by atoms with E-state index < -0.39 is 7.60 Å². The zero-order chi connectivity index (χ0) is 13.0. The minimum absolute atomic E-state index is 0.533. The smallest absolute Gasteiger partial charge is 0.410 e. The Balaban J connectivity index is 2.38. The second kappa shape index (κ2) is 5.38. The third kappa shape index (κ3) is 2.63. The Bertz CT molecular complexity index is 566. The van der Waals surface area contributed by atoms with E-state index in [0.717, 1.165) is 5.56 Å². The Morgan fingerprint density at radius 2 is 1.56 bits per heavy atom. The van der Waals surface area contributed by atoms with Crippen LogP contribution in [0.4, 0.5) is 0 Å². The molecular weight excluding hydrogens is 247 g/mol. The van der Waals surface area contributed by atoms with Gasteiger partial charge in [-0.1, -0.05) is 36.4 Å². The van der Waals surface area contributed by atoms with Crippen molar-refractivity contribution in [1.82, 2.24) is 0 Å². The summed E-state index contributed by atoms with van der Waals surface area (Å²) in [6, 6.07) is 16.4. The zero-order valence-electron chi connectivity index (χ0n) is 10.4. The molecule has 18 heavy (non-hydrogen) atoms. The molecule has 0 N–H and O–H groups in total. The molecule has 1 unspecified atom stereocenters. The van der Waals surface area contributed by atoms with Gasteiger partial charge >= 0.3 is 7.60 Å². The Labute approximate surface area is 107 Å². The highest BCUT2D eigenvalue weighted by atomic mass is 31.2. The summed E-state index contributed by atoms with van der Waals surface area (Å²) in [7, 11) is -1.91. The SMILES string of the molecule is COP(=O)(Oc1ccccc1)c1ccccc1C. The fraction of sp³-hybridized carbons (Fsp3) is 0.143. The second-order valence-corrected chi connectivity index (χ2v) is 5.90. The molecule has 0 fully saturated rings. The summed E-state index contributed by atoms with van der Waals surface area (Å²) in [4.78, 5) is 0. The highest BCUT2D eigenvalue weighted by Crippen LogP contribution is 2.47. The number of para-hydroxylation sites is 1. The molecule has 94 valence electrons. The first-order valence-corrected chi connectivity index (χ1v) is 7.16. The molecule has 0 spiro atoms. The van der Waals surface area contributed by atoms with Crippen LogP contribution in [-0.2, 0) is 9.09 Å². The van der Waals surface area contributed by atoms with Crippen LogP contribution in [0.2, 0.25) is 0 Å². The average molecular weight is 262 g/mol. The molecule has 0 heterocycles. The van der Waals surface area contributed by atoms with E-state index in [0.29, 0.717) is 11.1 Å². The lowest BCUT2D eigenvalue weighted by Gasteiger charge is -2.18. The Kier molecular flexibility index (Phi) is 3.85. The maximum Gasteiger partial charge on any atom is 0.410 e. The van der Waals surface area contributed by atoms with Gasteiger partial charge in [-0.05, 0) is 30.7 Å². The van der Waals surface area contributed by atoms with Crippen LogP contribution in [-0.4, -0.2) is 7.11 Å². The largest absolute Gasteiger partial charge is 0.421 e. The van der Waals surface area contributed by atoms with Crippen molar-refractivity contribution in [2.45, 2.75) is 6.92 Å². The zero-order valence-corrected chi connectivity index (χ0v) is 11.3. The predicted molar refractivity (Wildman–Crippen MR) is 72.5 cm³/mol. The fourth-order valence-corrected chi connectivity index (χ4v) is 3.22. The molecule has 2 aromatic carbocycles.